The summed E-state index contributed by atoms with van der Waals surface area (Å²) in [7, 11) is 1.89. The number of Topliss-reactive ketones (excluding diaryl/α,β-unsaturated/α-hetero) is 1. The Labute approximate surface area is 168 Å². The van der Waals surface area contributed by atoms with Crippen molar-refractivity contribution in [3.63, 3.8) is 0 Å². The summed E-state index contributed by atoms with van der Waals surface area (Å²) in [6.45, 7) is 5.99. The molecule has 9 nitrogen and oxygen atoms in total. The maximum absolute atomic E-state index is 13.3. The molecule has 1 aromatic carbocycles. The number of rotatable bonds is 4. The Hall–Kier alpha value is -3.23. The van der Waals surface area contributed by atoms with E-state index in [1.807, 2.05) is 37.9 Å². The van der Waals surface area contributed by atoms with Crippen LogP contribution in [0.3, 0.4) is 0 Å². The summed E-state index contributed by atoms with van der Waals surface area (Å²) in [5.41, 5.74) is 3.64. The molecule has 0 aliphatic carbocycles. The highest BCUT2D eigenvalue weighted by Crippen LogP contribution is 2.33. The molecule has 9 heteroatoms. The summed E-state index contributed by atoms with van der Waals surface area (Å²) in [6, 6.07) is 5.92. The largest absolute Gasteiger partial charge is 0.355 e. The van der Waals surface area contributed by atoms with Crippen molar-refractivity contribution >= 4 is 28.5 Å². The molecule has 0 amide bonds. The van der Waals surface area contributed by atoms with Crippen LogP contribution in [0, 0.1) is 0 Å². The van der Waals surface area contributed by atoms with E-state index >= 15 is 0 Å². The van der Waals surface area contributed by atoms with E-state index in [1.54, 1.807) is 4.68 Å². The molecule has 29 heavy (non-hydrogen) atoms. The number of tetrazole rings is 1. The number of anilines is 2. The predicted octanol–water partition coefficient (Wildman–Crippen LogP) is 2.25. The number of carbonyl (C=O) groups excluding carboxylic acids is 1. The van der Waals surface area contributed by atoms with Crippen LogP contribution in [0.15, 0.2) is 29.5 Å². The van der Waals surface area contributed by atoms with Crippen molar-refractivity contribution in [1.29, 1.82) is 0 Å². The molecule has 0 radical (unpaired) electrons. The molecule has 0 bridgehead atoms. The lowest BCUT2D eigenvalue weighted by Crippen LogP contribution is -2.32. The maximum atomic E-state index is 13.3. The van der Waals surface area contributed by atoms with Gasteiger partial charge in [-0.3, -0.25) is 9.89 Å². The number of ketones is 1. The second kappa shape index (κ2) is 6.68. The van der Waals surface area contributed by atoms with Crippen molar-refractivity contribution in [1.82, 2.24) is 30.4 Å². The number of H-pyrrole nitrogens is 1. The molecular formula is C20H24N8O. The van der Waals surface area contributed by atoms with Gasteiger partial charge in [0.05, 0.1) is 11.6 Å². The first-order chi connectivity index (χ1) is 14.0. The Bertz CT molecular complexity index is 1120. The zero-order chi connectivity index (χ0) is 20.1. The number of nitrogens with zero attached hydrogens (tertiary/aromatic N) is 7. The zero-order valence-electron chi connectivity index (χ0n) is 16.9. The number of benzene rings is 1. The Morgan fingerprint density at radius 2 is 2.07 bits per heavy atom. The molecule has 4 heterocycles. The highest BCUT2D eigenvalue weighted by Gasteiger charge is 2.32. The highest BCUT2D eigenvalue weighted by atomic mass is 16.1. The molecular weight excluding hydrogens is 368 g/mol. The smallest absolute Gasteiger partial charge is 0.250 e. The second-order valence-electron chi connectivity index (χ2n) is 7.88. The van der Waals surface area contributed by atoms with Gasteiger partial charge in [-0.25, -0.2) is 4.68 Å². The molecule has 1 atom stereocenters. The van der Waals surface area contributed by atoms with Gasteiger partial charge in [-0.05, 0) is 54.8 Å². The van der Waals surface area contributed by atoms with Gasteiger partial charge in [0.25, 0.3) is 0 Å². The summed E-state index contributed by atoms with van der Waals surface area (Å²) >= 11 is 0. The average molecular weight is 392 g/mol. The SMILES string of the molecule is CC1=C(C(=O)Cc2ccc3[nH]nc(N4CCCC4)c3c2)[C@@H](C)n2nnnc2N1C. The summed E-state index contributed by atoms with van der Waals surface area (Å²) in [5.74, 6) is 1.74. The number of nitrogens with one attached hydrogen (secondary N) is 1. The van der Waals surface area contributed by atoms with Gasteiger partial charge in [0.1, 0.15) is 0 Å². The summed E-state index contributed by atoms with van der Waals surface area (Å²) < 4.78 is 1.70. The van der Waals surface area contributed by atoms with E-state index < -0.39 is 0 Å². The van der Waals surface area contributed by atoms with Gasteiger partial charge in [0.2, 0.25) is 5.95 Å². The standard InChI is InChI=1S/C20H24N8O/c1-12-18(13(2)28-20(26(12)3)23-24-25-28)17(29)11-14-6-7-16-15(10-14)19(22-21-16)27-8-4-5-9-27/h6-7,10,13H,4-5,8-9,11H2,1-3H3,(H,21,22)/t13-/m1/s1. The van der Waals surface area contributed by atoms with Crippen molar-refractivity contribution in [2.75, 3.05) is 29.9 Å². The summed E-state index contributed by atoms with van der Waals surface area (Å²) in [5, 5.41) is 20.6. The number of aromatic nitrogens is 6. The third-order valence-corrected chi connectivity index (χ3v) is 6.13. The number of aromatic amines is 1. The Morgan fingerprint density at radius 1 is 1.28 bits per heavy atom. The van der Waals surface area contributed by atoms with Gasteiger partial charge in [0.15, 0.2) is 11.6 Å². The van der Waals surface area contributed by atoms with Gasteiger partial charge < -0.3 is 9.80 Å². The van der Waals surface area contributed by atoms with Crippen LogP contribution >= 0.6 is 0 Å². The molecule has 2 aromatic heterocycles. The van der Waals surface area contributed by atoms with Gasteiger partial charge >= 0.3 is 0 Å². The molecule has 3 aromatic rings. The van der Waals surface area contributed by atoms with E-state index in [2.05, 4.69) is 36.7 Å². The third kappa shape index (κ3) is 2.80. The van der Waals surface area contributed by atoms with Gasteiger partial charge in [-0.2, -0.15) is 5.10 Å². The van der Waals surface area contributed by atoms with Crippen molar-refractivity contribution in [2.24, 2.45) is 0 Å². The van der Waals surface area contributed by atoms with E-state index in [4.69, 9.17) is 0 Å². The van der Waals surface area contributed by atoms with Gasteiger partial charge in [0, 0.05) is 43.2 Å². The number of fused-ring (bicyclic) bond motifs is 2. The lowest BCUT2D eigenvalue weighted by molar-refractivity contribution is -0.115. The lowest BCUT2D eigenvalue weighted by Gasteiger charge is -2.30. The molecule has 2 aliphatic heterocycles. The van der Waals surface area contributed by atoms with E-state index in [9.17, 15) is 4.79 Å². The quantitative estimate of drug-likeness (QED) is 0.727. The lowest BCUT2D eigenvalue weighted by atomic mass is 9.94. The van der Waals surface area contributed by atoms with E-state index in [-0.39, 0.29) is 11.8 Å². The fourth-order valence-corrected chi connectivity index (χ4v) is 4.46. The number of carbonyl (C=O) groups is 1. The normalized spacial score (nSPS) is 19.3. The van der Waals surface area contributed by atoms with Crippen LogP contribution < -0.4 is 9.80 Å². The predicted molar refractivity (Wildman–Crippen MR) is 110 cm³/mol. The molecule has 0 spiro atoms. The summed E-state index contributed by atoms with van der Waals surface area (Å²) in [4.78, 5) is 17.5. The van der Waals surface area contributed by atoms with Crippen molar-refractivity contribution in [3.05, 3.63) is 35.0 Å². The minimum absolute atomic E-state index is 0.0913. The van der Waals surface area contributed by atoms with Crippen molar-refractivity contribution in [3.8, 4) is 0 Å². The summed E-state index contributed by atoms with van der Waals surface area (Å²) in [6.07, 6.45) is 2.73. The fourth-order valence-electron chi connectivity index (χ4n) is 4.46. The van der Waals surface area contributed by atoms with E-state index in [1.165, 1.54) is 12.8 Å². The molecule has 2 aliphatic rings. The Kier molecular flexibility index (Phi) is 4.11. The van der Waals surface area contributed by atoms with E-state index in [0.717, 1.165) is 46.6 Å². The van der Waals surface area contributed by atoms with Crippen LogP contribution in [0.2, 0.25) is 0 Å². The topological polar surface area (TPSA) is 95.8 Å². The van der Waals surface area contributed by atoms with Crippen LogP contribution in [0.4, 0.5) is 11.8 Å². The fraction of sp³-hybridized carbons (Fsp3) is 0.450. The number of allylic oxidation sites excluding steroid dienone is 2. The van der Waals surface area contributed by atoms with Crippen molar-refractivity contribution < 1.29 is 4.79 Å². The third-order valence-electron chi connectivity index (χ3n) is 6.13. The van der Waals surface area contributed by atoms with E-state index in [0.29, 0.717) is 12.4 Å². The molecule has 0 saturated carbocycles. The average Bonchev–Trinajstić information content (AvgIpc) is 3.45. The van der Waals surface area contributed by atoms with Crippen LogP contribution in [0.1, 0.15) is 38.3 Å². The molecule has 1 N–H and O–H groups in total. The molecule has 1 fully saturated rings. The minimum atomic E-state index is -0.193. The zero-order valence-corrected chi connectivity index (χ0v) is 16.9. The highest BCUT2D eigenvalue weighted by molar-refractivity contribution is 6.00. The first-order valence-electron chi connectivity index (χ1n) is 10.0. The van der Waals surface area contributed by atoms with Crippen LogP contribution in [0.25, 0.3) is 10.9 Å². The second-order valence-corrected chi connectivity index (χ2v) is 7.88. The monoisotopic (exact) mass is 392 g/mol. The molecule has 1 saturated heterocycles. The number of hydrogen-bond donors (Lipinski definition) is 1. The first-order valence-corrected chi connectivity index (χ1v) is 10.0. The van der Waals surface area contributed by atoms with Gasteiger partial charge in [-0.1, -0.05) is 11.2 Å². The minimum Gasteiger partial charge on any atom is -0.355 e. The van der Waals surface area contributed by atoms with Crippen LogP contribution in [-0.2, 0) is 11.2 Å². The number of hydrogen-bond acceptors (Lipinski definition) is 7. The van der Waals surface area contributed by atoms with Crippen LogP contribution in [-0.4, -0.2) is 56.3 Å². The van der Waals surface area contributed by atoms with Crippen LogP contribution in [0.5, 0.6) is 0 Å². The Morgan fingerprint density at radius 3 is 2.86 bits per heavy atom. The van der Waals surface area contributed by atoms with Crippen molar-refractivity contribution in [2.45, 2.75) is 39.2 Å². The first kappa shape index (κ1) is 17.8. The molecule has 0 unspecified atom stereocenters. The molecule has 150 valence electrons. The Balaban J connectivity index is 1.45. The van der Waals surface area contributed by atoms with Gasteiger partial charge in [-0.15, -0.1) is 0 Å². The molecule has 5 rings (SSSR count). The maximum Gasteiger partial charge on any atom is 0.250 e.